The number of hydrogen-bond donors (Lipinski definition) is 0. The minimum Gasteiger partial charge on any atom is -0.456 e. The summed E-state index contributed by atoms with van der Waals surface area (Å²) in [7, 11) is 0. The summed E-state index contributed by atoms with van der Waals surface area (Å²) in [5, 5.41) is 0.163. The summed E-state index contributed by atoms with van der Waals surface area (Å²) >= 11 is 6.05. The summed E-state index contributed by atoms with van der Waals surface area (Å²) < 4.78 is 23.7. The molecule has 0 radical (unpaired) electrons. The number of esters is 2. The predicted octanol–water partition coefficient (Wildman–Crippen LogP) is 0.890. The number of halogens is 1. The van der Waals surface area contributed by atoms with Gasteiger partial charge < -0.3 is 18.9 Å². The Morgan fingerprint density at radius 3 is 2.64 bits per heavy atom. The molecule has 1 saturated heterocycles. The predicted molar refractivity (Wildman–Crippen MR) is 95.0 cm³/mol. The van der Waals surface area contributed by atoms with Crippen molar-refractivity contribution in [3.8, 4) is 12.3 Å². The van der Waals surface area contributed by atoms with Crippen LogP contribution >= 0.6 is 11.6 Å². The van der Waals surface area contributed by atoms with Gasteiger partial charge in [-0.1, -0.05) is 17.5 Å². The van der Waals surface area contributed by atoms with Crippen molar-refractivity contribution in [3.05, 3.63) is 17.8 Å². The Morgan fingerprint density at radius 2 is 1.96 bits per heavy atom. The molecule has 1 fully saturated rings. The fourth-order valence-corrected chi connectivity index (χ4v) is 3.14. The second-order valence-corrected chi connectivity index (χ2v) is 6.28. The molecule has 1 aliphatic rings. The van der Waals surface area contributed by atoms with Crippen molar-refractivity contribution >= 4 is 34.7 Å². The first kappa shape index (κ1) is 20.0. The molecule has 1 aliphatic heterocycles. The van der Waals surface area contributed by atoms with Gasteiger partial charge in [-0.15, -0.1) is 6.42 Å². The van der Waals surface area contributed by atoms with Crippen LogP contribution in [0.2, 0.25) is 5.15 Å². The number of hydrogen-bond acceptors (Lipinski definition) is 9. The summed E-state index contributed by atoms with van der Waals surface area (Å²) in [4.78, 5) is 35.5. The van der Waals surface area contributed by atoms with Crippen molar-refractivity contribution in [2.75, 3.05) is 13.2 Å². The lowest BCUT2D eigenvalue weighted by Gasteiger charge is -2.23. The zero-order valence-corrected chi connectivity index (χ0v) is 15.8. The van der Waals surface area contributed by atoms with Gasteiger partial charge >= 0.3 is 11.9 Å². The maximum absolute atomic E-state index is 11.7. The molecule has 0 bridgehead atoms. The number of terminal acetylenes is 1. The number of ether oxygens (including phenoxy) is 4. The summed E-state index contributed by atoms with van der Waals surface area (Å²) in [5.41, 5.74) is 0.722. The molecule has 3 heterocycles. The van der Waals surface area contributed by atoms with Crippen molar-refractivity contribution in [3.63, 3.8) is 0 Å². The Morgan fingerprint density at radius 1 is 1.25 bits per heavy atom. The minimum atomic E-state index is -0.966. The maximum Gasteiger partial charge on any atom is 0.303 e. The number of carbonyl (C=O) groups is 2. The van der Waals surface area contributed by atoms with Crippen LogP contribution in [-0.2, 0) is 28.5 Å². The van der Waals surface area contributed by atoms with Gasteiger partial charge in [-0.05, 0) is 0 Å². The van der Waals surface area contributed by atoms with E-state index in [0.717, 1.165) is 0 Å². The maximum atomic E-state index is 11.7. The molecular weight excluding hydrogens is 392 g/mol. The molecule has 0 unspecified atom stereocenters. The summed E-state index contributed by atoms with van der Waals surface area (Å²) in [6, 6.07) is 0. The number of aromatic nitrogens is 4. The second kappa shape index (κ2) is 8.52. The highest BCUT2D eigenvalue weighted by Gasteiger charge is 2.50. The average molecular weight is 409 g/mol. The highest BCUT2D eigenvalue weighted by molar-refractivity contribution is 6.33. The number of imidazole rings is 1. The van der Waals surface area contributed by atoms with Gasteiger partial charge in [0, 0.05) is 13.8 Å². The Bertz CT molecular complexity index is 926. The standard InChI is InChI=1S/C17H17ClN4O6/c1-4-5-25-6-11-13(26-9(2)23)14(27-10(3)24)17(28-11)22-8-21-12-15(18)19-7-20-16(12)22/h1,7-8,11,13-14,17H,5-6H2,2-3H3/t11-,13-,14-,17-/m1/s1. The fourth-order valence-electron chi connectivity index (χ4n) is 2.96. The smallest absolute Gasteiger partial charge is 0.303 e. The van der Waals surface area contributed by atoms with Gasteiger partial charge in [-0.2, -0.15) is 0 Å². The van der Waals surface area contributed by atoms with E-state index in [0.29, 0.717) is 11.2 Å². The highest BCUT2D eigenvalue weighted by Crippen LogP contribution is 2.36. The molecule has 10 nitrogen and oxygen atoms in total. The zero-order valence-electron chi connectivity index (χ0n) is 15.1. The third-order valence-corrected chi connectivity index (χ3v) is 4.22. The molecule has 0 amide bonds. The van der Waals surface area contributed by atoms with Crippen LogP contribution in [0.5, 0.6) is 0 Å². The molecule has 0 aliphatic carbocycles. The second-order valence-electron chi connectivity index (χ2n) is 5.92. The van der Waals surface area contributed by atoms with E-state index in [1.165, 1.54) is 31.1 Å². The van der Waals surface area contributed by atoms with E-state index >= 15 is 0 Å². The first-order valence-corrected chi connectivity index (χ1v) is 8.64. The first-order valence-electron chi connectivity index (χ1n) is 8.26. The molecule has 0 N–H and O–H groups in total. The number of nitrogens with zero attached hydrogens (tertiary/aromatic N) is 4. The third-order valence-electron chi connectivity index (χ3n) is 3.95. The lowest BCUT2D eigenvalue weighted by molar-refractivity contribution is -0.165. The largest absolute Gasteiger partial charge is 0.456 e. The fraction of sp³-hybridized carbons (Fsp3) is 0.471. The summed E-state index contributed by atoms with van der Waals surface area (Å²) in [6.07, 6.45) is 4.40. The van der Waals surface area contributed by atoms with Gasteiger partial charge in [0.05, 0.1) is 12.9 Å². The van der Waals surface area contributed by atoms with Crippen LogP contribution in [0.4, 0.5) is 0 Å². The molecule has 2 aromatic heterocycles. The Balaban J connectivity index is 1.99. The van der Waals surface area contributed by atoms with Crippen molar-refractivity contribution in [2.45, 2.75) is 38.4 Å². The van der Waals surface area contributed by atoms with E-state index in [1.54, 1.807) is 0 Å². The van der Waals surface area contributed by atoms with E-state index in [4.69, 9.17) is 37.0 Å². The van der Waals surface area contributed by atoms with Crippen molar-refractivity contribution in [1.82, 2.24) is 19.5 Å². The van der Waals surface area contributed by atoms with E-state index in [9.17, 15) is 9.59 Å². The molecule has 0 aromatic carbocycles. The van der Waals surface area contributed by atoms with Crippen LogP contribution in [0.15, 0.2) is 12.7 Å². The van der Waals surface area contributed by atoms with Gasteiger partial charge in [0.25, 0.3) is 0 Å². The summed E-state index contributed by atoms with van der Waals surface area (Å²) in [6.45, 7) is 2.57. The molecule has 28 heavy (non-hydrogen) atoms. The van der Waals surface area contributed by atoms with E-state index < -0.39 is 36.5 Å². The molecular formula is C17H17ClN4O6. The van der Waals surface area contributed by atoms with Crippen LogP contribution < -0.4 is 0 Å². The van der Waals surface area contributed by atoms with Crippen LogP contribution in [0, 0.1) is 12.3 Å². The van der Waals surface area contributed by atoms with Crippen LogP contribution in [0.25, 0.3) is 11.2 Å². The van der Waals surface area contributed by atoms with Gasteiger partial charge in [0.1, 0.15) is 24.6 Å². The molecule has 11 heteroatoms. The lowest BCUT2D eigenvalue weighted by Crippen LogP contribution is -2.40. The van der Waals surface area contributed by atoms with Gasteiger partial charge in [0.2, 0.25) is 0 Å². The zero-order chi connectivity index (χ0) is 20.3. The van der Waals surface area contributed by atoms with Gasteiger partial charge in [-0.25, -0.2) is 15.0 Å². The average Bonchev–Trinajstić information content (AvgIpc) is 3.18. The number of carbonyl (C=O) groups excluding carboxylic acids is 2. The SMILES string of the molecule is C#CCOC[C@H]1O[C@@H](n2cnc3c(Cl)ncnc32)[C@H](OC(C)=O)[C@@H]1OC(C)=O. The molecule has 2 aromatic rings. The number of rotatable bonds is 6. The first-order chi connectivity index (χ1) is 13.4. The molecule has 3 rings (SSSR count). The van der Waals surface area contributed by atoms with E-state index in [-0.39, 0.29) is 18.4 Å². The Hall–Kier alpha value is -2.74. The number of fused-ring (bicyclic) bond motifs is 1. The van der Waals surface area contributed by atoms with Crippen molar-refractivity contribution < 1.29 is 28.5 Å². The molecule has 0 spiro atoms. The minimum absolute atomic E-state index is 0.0266. The monoisotopic (exact) mass is 408 g/mol. The lowest BCUT2D eigenvalue weighted by atomic mass is 10.1. The van der Waals surface area contributed by atoms with Crippen LogP contribution in [0.1, 0.15) is 20.1 Å². The van der Waals surface area contributed by atoms with Gasteiger partial charge in [0.15, 0.2) is 29.2 Å². The van der Waals surface area contributed by atoms with Crippen molar-refractivity contribution in [2.24, 2.45) is 0 Å². The molecule has 0 saturated carbocycles. The quantitative estimate of drug-likeness (QED) is 0.297. The topological polar surface area (TPSA) is 115 Å². The van der Waals surface area contributed by atoms with E-state index in [1.807, 2.05) is 0 Å². The molecule has 4 atom stereocenters. The highest BCUT2D eigenvalue weighted by atomic mass is 35.5. The normalized spacial score (nSPS) is 24.1. The van der Waals surface area contributed by atoms with Crippen LogP contribution in [0.3, 0.4) is 0 Å². The summed E-state index contributed by atoms with van der Waals surface area (Å²) in [5.74, 6) is 1.21. The molecule has 148 valence electrons. The van der Waals surface area contributed by atoms with E-state index in [2.05, 4.69) is 20.9 Å². The third kappa shape index (κ3) is 4.06. The Labute approximate surface area is 165 Å². The Kier molecular flexibility index (Phi) is 6.08. The van der Waals surface area contributed by atoms with Crippen molar-refractivity contribution in [1.29, 1.82) is 0 Å². The van der Waals surface area contributed by atoms with Gasteiger partial charge in [-0.3, -0.25) is 14.2 Å². The van der Waals surface area contributed by atoms with Crippen LogP contribution in [-0.4, -0.2) is 63.0 Å².